The summed E-state index contributed by atoms with van der Waals surface area (Å²) in [6.45, 7) is 8.64. The van der Waals surface area contributed by atoms with Crippen LogP contribution in [0.3, 0.4) is 0 Å². The van der Waals surface area contributed by atoms with Gasteiger partial charge in [0.05, 0.1) is 0 Å². The molecule has 1 rings (SSSR count). The lowest BCUT2D eigenvalue weighted by atomic mass is 10.2. The highest BCUT2D eigenvalue weighted by atomic mass is 14.9. The summed E-state index contributed by atoms with van der Waals surface area (Å²) in [6, 6.07) is 3.99. The number of nitrogens with one attached hydrogen (secondary N) is 1. The monoisotopic (exact) mass is 188 g/mol. The highest BCUT2D eigenvalue weighted by Gasteiger charge is 1.91. The van der Waals surface area contributed by atoms with Crippen LogP contribution in [0.4, 0.5) is 0 Å². The van der Waals surface area contributed by atoms with Crippen LogP contribution in [0.1, 0.15) is 19.4 Å². The Morgan fingerprint density at radius 1 is 1.57 bits per heavy atom. The van der Waals surface area contributed by atoms with E-state index in [1.807, 2.05) is 38.3 Å². The minimum atomic E-state index is 0.809. The van der Waals surface area contributed by atoms with Crippen LogP contribution in [0.2, 0.25) is 0 Å². The van der Waals surface area contributed by atoms with Gasteiger partial charge in [0, 0.05) is 24.6 Å². The molecule has 0 spiro atoms. The molecule has 0 radical (unpaired) electrons. The summed E-state index contributed by atoms with van der Waals surface area (Å²) < 4.78 is 0. The fraction of sp³-hybridized carbons (Fsp3) is 0.250. The van der Waals surface area contributed by atoms with Gasteiger partial charge in [-0.3, -0.25) is 4.98 Å². The summed E-state index contributed by atoms with van der Waals surface area (Å²) in [4.78, 5) is 4.05. The quantitative estimate of drug-likeness (QED) is 0.735. The zero-order valence-corrected chi connectivity index (χ0v) is 8.75. The van der Waals surface area contributed by atoms with Crippen molar-refractivity contribution in [2.45, 2.75) is 20.4 Å². The Kier molecular flexibility index (Phi) is 3.92. The van der Waals surface area contributed by atoms with Crippen molar-refractivity contribution in [2.75, 3.05) is 0 Å². The lowest BCUT2D eigenvalue weighted by Gasteiger charge is -2.05. The van der Waals surface area contributed by atoms with E-state index in [2.05, 4.69) is 16.9 Å². The largest absolute Gasteiger partial charge is 0.384 e. The molecule has 0 amide bonds. The van der Waals surface area contributed by atoms with Crippen LogP contribution >= 0.6 is 0 Å². The minimum absolute atomic E-state index is 0.809. The summed E-state index contributed by atoms with van der Waals surface area (Å²) >= 11 is 0. The van der Waals surface area contributed by atoms with E-state index in [1.165, 1.54) is 5.56 Å². The number of nitrogens with zero attached hydrogens (tertiary/aromatic N) is 1. The van der Waals surface area contributed by atoms with Gasteiger partial charge in [-0.05, 0) is 31.6 Å². The highest BCUT2D eigenvalue weighted by Crippen LogP contribution is 1.99. The molecule has 0 aromatic carbocycles. The second kappa shape index (κ2) is 5.22. The summed E-state index contributed by atoms with van der Waals surface area (Å²) in [5, 5.41) is 3.29. The van der Waals surface area contributed by atoms with Gasteiger partial charge in [-0.2, -0.15) is 0 Å². The van der Waals surface area contributed by atoms with Crippen molar-refractivity contribution in [3.05, 3.63) is 54.0 Å². The van der Waals surface area contributed by atoms with Crippen LogP contribution in [0.15, 0.2) is 48.5 Å². The predicted octanol–water partition coefficient (Wildman–Crippen LogP) is 2.65. The number of hydrogen-bond acceptors (Lipinski definition) is 2. The molecule has 74 valence electrons. The summed E-state index contributed by atoms with van der Waals surface area (Å²) in [7, 11) is 0. The van der Waals surface area contributed by atoms with Crippen LogP contribution in [0.25, 0.3) is 0 Å². The van der Waals surface area contributed by atoms with E-state index in [1.54, 1.807) is 6.20 Å². The molecule has 0 unspecified atom stereocenters. The van der Waals surface area contributed by atoms with E-state index in [9.17, 15) is 0 Å². The van der Waals surface area contributed by atoms with Crippen molar-refractivity contribution >= 4 is 0 Å². The van der Waals surface area contributed by atoms with Gasteiger partial charge >= 0.3 is 0 Å². The van der Waals surface area contributed by atoms with Gasteiger partial charge in [0.15, 0.2) is 0 Å². The van der Waals surface area contributed by atoms with E-state index < -0.39 is 0 Å². The van der Waals surface area contributed by atoms with Crippen molar-refractivity contribution in [1.82, 2.24) is 10.3 Å². The van der Waals surface area contributed by atoms with Crippen molar-refractivity contribution in [2.24, 2.45) is 0 Å². The molecule has 0 bridgehead atoms. The number of pyridine rings is 1. The number of hydrogen-bond donors (Lipinski definition) is 1. The average molecular weight is 188 g/mol. The van der Waals surface area contributed by atoms with Gasteiger partial charge in [-0.15, -0.1) is 0 Å². The van der Waals surface area contributed by atoms with Crippen molar-refractivity contribution in [3.63, 3.8) is 0 Å². The predicted molar refractivity (Wildman–Crippen MR) is 59.6 cm³/mol. The van der Waals surface area contributed by atoms with E-state index in [0.717, 1.165) is 17.8 Å². The smallest absolute Gasteiger partial charge is 0.0412 e. The van der Waals surface area contributed by atoms with Crippen LogP contribution in [-0.2, 0) is 6.54 Å². The molecular formula is C12H16N2. The van der Waals surface area contributed by atoms with Gasteiger partial charge in [0.25, 0.3) is 0 Å². The normalized spacial score (nSPS) is 11.1. The first-order valence-corrected chi connectivity index (χ1v) is 4.65. The fourth-order valence-corrected chi connectivity index (χ4v) is 1.16. The van der Waals surface area contributed by atoms with E-state index in [4.69, 9.17) is 0 Å². The molecule has 1 aromatic heterocycles. The molecule has 0 aliphatic rings. The third-order valence-corrected chi connectivity index (χ3v) is 1.76. The van der Waals surface area contributed by atoms with Crippen LogP contribution in [0, 0.1) is 0 Å². The van der Waals surface area contributed by atoms with Crippen LogP contribution in [0.5, 0.6) is 0 Å². The Morgan fingerprint density at radius 2 is 2.36 bits per heavy atom. The summed E-state index contributed by atoms with van der Waals surface area (Å²) in [6.07, 6.45) is 5.66. The van der Waals surface area contributed by atoms with Gasteiger partial charge in [0.1, 0.15) is 0 Å². The molecule has 1 N–H and O–H groups in total. The second-order valence-electron chi connectivity index (χ2n) is 3.39. The third kappa shape index (κ3) is 3.90. The Hall–Kier alpha value is -1.57. The minimum Gasteiger partial charge on any atom is -0.384 e. The first-order valence-electron chi connectivity index (χ1n) is 4.65. The average Bonchev–Trinajstić information content (AvgIpc) is 2.15. The van der Waals surface area contributed by atoms with E-state index in [0.29, 0.717) is 0 Å². The molecule has 14 heavy (non-hydrogen) atoms. The Labute approximate surface area is 85.4 Å². The standard InChI is InChI=1S/C12H16N2/c1-10(2)7-11(3)14-9-12-5-4-6-13-8-12/h4-8,14H,1,9H2,2-3H3/b11-7+. The lowest BCUT2D eigenvalue weighted by Crippen LogP contribution is -2.10. The maximum absolute atomic E-state index is 4.05. The number of rotatable bonds is 4. The number of allylic oxidation sites excluding steroid dienone is 3. The van der Waals surface area contributed by atoms with Gasteiger partial charge in [-0.25, -0.2) is 0 Å². The maximum atomic E-state index is 4.05. The molecule has 0 atom stereocenters. The lowest BCUT2D eigenvalue weighted by molar-refractivity contribution is 0.806. The van der Waals surface area contributed by atoms with Crippen LogP contribution in [-0.4, -0.2) is 4.98 Å². The SMILES string of the molecule is C=C(C)/C=C(\C)NCc1cccnc1. The topological polar surface area (TPSA) is 24.9 Å². The first kappa shape index (κ1) is 10.5. The maximum Gasteiger partial charge on any atom is 0.0412 e. The molecule has 0 fully saturated rings. The molecule has 0 aliphatic heterocycles. The fourth-order valence-electron chi connectivity index (χ4n) is 1.16. The van der Waals surface area contributed by atoms with Crippen molar-refractivity contribution < 1.29 is 0 Å². The van der Waals surface area contributed by atoms with Gasteiger partial charge in [-0.1, -0.05) is 18.2 Å². The molecule has 1 heterocycles. The second-order valence-corrected chi connectivity index (χ2v) is 3.39. The molecule has 0 saturated carbocycles. The molecule has 2 nitrogen and oxygen atoms in total. The van der Waals surface area contributed by atoms with Gasteiger partial charge in [0.2, 0.25) is 0 Å². The van der Waals surface area contributed by atoms with Crippen molar-refractivity contribution in [1.29, 1.82) is 0 Å². The number of aromatic nitrogens is 1. The van der Waals surface area contributed by atoms with Crippen LogP contribution < -0.4 is 5.32 Å². The molecular weight excluding hydrogens is 172 g/mol. The third-order valence-electron chi connectivity index (χ3n) is 1.76. The Balaban J connectivity index is 2.45. The first-order chi connectivity index (χ1) is 6.68. The Bertz CT molecular complexity index is 325. The van der Waals surface area contributed by atoms with Crippen molar-refractivity contribution in [3.8, 4) is 0 Å². The molecule has 2 heteroatoms. The van der Waals surface area contributed by atoms with E-state index in [-0.39, 0.29) is 0 Å². The zero-order chi connectivity index (χ0) is 10.4. The molecule has 0 aliphatic carbocycles. The summed E-state index contributed by atoms with van der Waals surface area (Å²) in [5.41, 5.74) is 3.37. The Morgan fingerprint density at radius 3 is 2.93 bits per heavy atom. The van der Waals surface area contributed by atoms with Gasteiger partial charge < -0.3 is 5.32 Å². The zero-order valence-electron chi connectivity index (χ0n) is 8.75. The molecule has 0 saturated heterocycles. The van der Waals surface area contributed by atoms with E-state index >= 15 is 0 Å². The molecule has 1 aromatic rings. The highest BCUT2D eigenvalue weighted by molar-refractivity contribution is 5.17. The summed E-state index contributed by atoms with van der Waals surface area (Å²) in [5.74, 6) is 0.